The SMILES string of the molecule is O=C(Cc1ccc(Cl)c(Cl)c1)NCC1CCCC1C(=O)O. The van der Waals surface area contributed by atoms with Crippen molar-refractivity contribution in [3.05, 3.63) is 33.8 Å². The monoisotopic (exact) mass is 329 g/mol. The van der Waals surface area contributed by atoms with Crippen LogP contribution in [0.25, 0.3) is 0 Å². The molecule has 2 unspecified atom stereocenters. The number of benzene rings is 1. The van der Waals surface area contributed by atoms with Crippen molar-refractivity contribution in [1.82, 2.24) is 5.32 Å². The molecule has 1 aliphatic carbocycles. The van der Waals surface area contributed by atoms with Crippen LogP contribution < -0.4 is 5.32 Å². The first kappa shape index (κ1) is 16.1. The van der Waals surface area contributed by atoms with E-state index >= 15 is 0 Å². The number of amides is 1. The van der Waals surface area contributed by atoms with Gasteiger partial charge < -0.3 is 10.4 Å². The van der Waals surface area contributed by atoms with Crippen LogP contribution in [0.1, 0.15) is 24.8 Å². The van der Waals surface area contributed by atoms with Gasteiger partial charge in [-0.05, 0) is 36.5 Å². The molecule has 1 fully saturated rings. The number of carbonyl (C=O) groups excluding carboxylic acids is 1. The van der Waals surface area contributed by atoms with Crippen LogP contribution in [0.5, 0.6) is 0 Å². The van der Waals surface area contributed by atoms with Crippen LogP contribution in [-0.2, 0) is 16.0 Å². The second-order valence-electron chi connectivity index (χ2n) is 5.37. The molecule has 0 radical (unpaired) electrons. The molecule has 0 aliphatic heterocycles. The zero-order valence-electron chi connectivity index (χ0n) is 11.4. The van der Waals surface area contributed by atoms with Gasteiger partial charge in [0.05, 0.1) is 22.4 Å². The molecular formula is C15H17Cl2NO3. The third-order valence-electron chi connectivity index (χ3n) is 3.89. The van der Waals surface area contributed by atoms with E-state index in [1.807, 2.05) is 0 Å². The molecule has 1 saturated carbocycles. The molecule has 0 spiro atoms. The Morgan fingerprint density at radius 1 is 1.24 bits per heavy atom. The molecule has 1 aromatic carbocycles. The van der Waals surface area contributed by atoms with E-state index in [-0.39, 0.29) is 24.2 Å². The highest BCUT2D eigenvalue weighted by molar-refractivity contribution is 6.42. The van der Waals surface area contributed by atoms with Gasteiger partial charge in [0.25, 0.3) is 0 Å². The van der Waals surface area contributed by atoms with Crippen molar-refractivity contribution in [2.45, 2.75) is 25.7 Å². The third kappa shape index (κ3) is 4.35. The van der Waals surface area contributed by atoms with Crippen LogP contribution in [0.15, 0.2) is 18.2 Å². The van der Waals surface area contributed by atoms with E-state index in [4.69, 9.17) is 28.3 Å². The maximum atomic E-state index is 11.9. The fourth-order valence-electron chi connectivity index (χ4n) is 2.75. The maximum Gasteiger partial charge on any atom is 0.306 e. The minimum absolute atomic E-state index is 0.0280. The smallest absolute Gasteiger partial charge is 0.306 e. The summed E-state index contributed by atoms with van der Waals surface area (Å²) in [4.78, 5) is 23.0. The van der Waals surface area contributed by atoms with Crippen molar-refractivity contribution in [3.8, 4) is 0 Å². The van der Waals surface area contributed by atoms with Crippen LogP contribution in [-0.4, -0.2) is 23.5 Å². The molecule has 0 heterocycles. The normalized spacial score (nSPS) is 21.2. The fraction of sp³-hybridized carbons (Fsp3) is 0.467. The summed E-state index contributed by atoms with van der Waals surface area (Å²) in [7, 11) is 0. The lowest BCUT2D eigenvalue weighted by molar-refractivity contribution is -0.143. The van der Waals surface area contributed by atoms with E-state index in [1.165, 1.54) is 0 Å². The molecular weight excluding hydrogens is 313 g/mol. The van der Waals surface area contributed by atoms with Crippen LogP contribution in [0.2, 0.25) is 10.0 Å². The number of rotatable bonds is 5. The lowest BCUT2D eigenvalue weighted by atomic mass is 9.96. The van der Waals surface area contributed by atoms with E-state index in [9.17, 15) is 9.59 Å². The highest BCUT2D eigenvalue weighted by Crippen LogP contribution is 2.31. The second-order valence-corrected chi connectivity index (χ2v) is 6.18. The standard InChI is InChI=1S/C15H17Cl2NO3/c16-12-5-4-9(6-13(12)17)7-14(19)18-8-10-2-1-3-11(10)15(20)21/h4-6,10-11H,1-3,7-8H2,(H,18,19)(H,20,21). The molecule has 0 bridgehead atoms. The minimum atomic E-state index is -0.767. The van der Waals surface area contributed by atoms with Crippen molar-refractivity contribution in [1.29, 1.82) is 0 Å². The van der Waals surface area contributed by atoms with E-state index in [1.54, 1.807) is 18.2 Å². The fourth-order valence-corrected chi connectivity index (χ4v) is 3.07. The largest absolute Gasteiger partial charge is 0.481 e. The average molecular weight is 330 g/mol. The van der Waals surface area contributed by atoms with Crippen molar-refractivity contribution >= 4 is 35.1 Å². The van der Waals surface area contributed by atoms with E-state index in [0.717, 1.165) is 18.4 Å². The van der Waals surface area contributed by atoms with Gasteiger partial charge in [-0.15, -0.1) is 0 Å². The Balaban J connectivity index is 1.84. The topological polar surface area (TPSA) is 66.4 Å². The van der Waals surface area contributed by atoms with Gasteiger partial charge in [0.1, 0.15) is 0 Å². The Bertz CT molecular complexity index is 548. The number of aliphatic carboxylic acids is 1. The number of nitrogens with one attached hydrogen (secondary N) is 1. The Morgan fingerprint density at radius 2 is 2.00 bits per heavy atom. The summed E-state index contributed by atoms with van der Waals surface area (Å²) in [6.07, 6.45) is 2.67. The Morgan fingerprint density at radius 3 is 2.67 bits per heavy atom. The number of carboxylic acid groups (broad SMARTS) is 1. The number of hydrogen-bond donors (Lipinski definition) is 2. The average Bonchev–Trinajstić information content (AvgIpc) is 2.89. The molecule has 0 aromatic heterocycles. The molecule has 114 valence electrons. The van der Waals surface area contributed by atoms with Gasteiger partial charge in [-0.2, -0.15) is 0 Å². The second kappa shape index (κ2) is 7.14. The molecule has 2 N–H and O–H groups in total. The maximum absolute atomic E-state index is 11.9. The highest BCUT2D eigenvalue weighted by atomic mass is 35.5. The summed E-state index contributed by atoms with van der Waals surface area (Å²) >= 11 is 11.7. The molecule has 2 atom stereocenters. The Kier molecular flexibility index (Phi) is 5.48. The van der Waals surface area contributed by atoms with Crippen molar-refractivity contribution in [2.24, 2.45) is 11.8 Å². The van der Waals surface area contributed by atoms with Crippen molar-refractivity contribution in [3.63, 3.8) is 0 Å². The van der Waals surface area contributed by atoms with Gasteiger partial charge in [0.15, 0.2) is 0 Å². The van der Waals surface area contributed by atoms with Crippen LogP contribution >= 0.6 is 23.2 Å². The van der Waals surface area contributed by atoms with E-state index < -0.39 is 5.97 Å². The predicted molar refractivity (Wildman–Crippen MR) is 81.6 cm³/mol. The van der Waals surface area contributed by atoms with E-state index in [2.05, 4.69) is 5.32 Å². The summed E-state index contributed by atoms with van der Waals surface area (Å²) in [6.45, 7) is 0.414. The summed E-state index contributed by atoms with van der Waals surface area (Å²) in [5.74, 6) is -1.21. The quantitative estimate of drug-likeness (QED) is 0.871. The third-order valence-corrected chi connectivity index (χ3v) is 4.63. The van der Waals surface area contributed by atoms with Crippen molar-refractivity contribution < 1.29 is 14.7 Å². The van der Waals surface area contributed by atoms with Gasteiger partial charge in [-0.3, -0.25) is 9.59 Å². The first-order valence-electron chi connectivity index (χ1n) is 6.91. The number of carboxylic acids is 1. The minimum Gasteiger partial charge on any atom is -0.481 e. The molecule has 6 heteroatoms. The molecule has 1 aliphatic rings. The summed E-state index contributed by atoms with van der Waals surface area (Å²) in [5.41, 5.74) is 0.781. The zero-order chi connectivity index (χ0) is 15.4. The number of hydrogen-bond acceptors (Lipinski definition) is 2. The van der Waals surface area contributed by atoms with Crippen LogP contribution in [0.3, 0.4) is 0 Å². The first-order chi connectivity index (χ1) is 9.97. The van der Waals surface area contributed by atoms with Gasteiger partial charge in [-0.25, -0.2) is 0 Å². The Labute approximate surface area is 133 Å². The number of carbonyl (C=O) groups is 2. The molecule has 1 amide bonds. The number of halogens is 2. The molecule has 1 aromatic rings. The van der Waals surface area contributed by atoms with Crippen LogP contribution in [0, 0.1) is 11.8 Å². The summed E-state index contributed by atoms with van der Waals surface area (Å²) in [6, 6.07) is 5.08. The lowest BCUT2D eigenvalue weighted by Crippen LogP contribution is -2.33. The molecule has 4 nitrogen and oxygen atoms in total. The van der Waals surface area contributed by atoms with Crippen molar-refractivity contribution in [2.75, 3.05) is 6.54 Å². The molecule has 0 saturated heterocycles. The van der Waals surface area contributed by atoms with Gasteiger partial charge >= 0.3 is 5.97 Å². The van der Waals surface area contributed by atoms with E-state index in [0.29, 0.717) is 23.0 Å². The molecule has 2 rings (SSSR count). The lowest BCUT2D eigenvalue weighted by Gasteiger charge is -2.16. The van der Waals surface area contributed by atoms with Gasteiger partial charge in [0, 0.05) is 6.54 Å². The summed E-state index contributed by atoms with van der Waals surface area (Å²) < 4.78 is 0. The summed E-state index contributed by atoms with van der Waals surface area (Å²) in [5, 5.41) is 12.8. The first-order valence-corrected chi connectivity index (χ1v) is 7.66. The Hall–Kier alpha value is -1.26. The molecule has 21 heavy (non-hydrogen) atoms. The zero-order valence-corrected chi connectivity index (χ0v) is 13.0. The van der Waals surface area contributed by atoms with Gasteiger partial charge in [-0.1, -0.05) is 35.7 Å². The predicted octanol–water partition coefficient (Wildman–Crippen LogP) is 3.15. The van der Waals surface area contributed by atoms with Crippen LogP contribution in [0.4, 0.5) is 0 Å². The highest BCUT2D eigenvalue weighted by Gasteiger charge is 2.32. The van der Waals surface area contributed by atoms with Gasteiger partial charge in [0.2, 0.25) is 5.91 Å².